The van der Waals surface area contributed by atoms with E-state index in [4.69, 9.17) is 5.73 Å². The van der Waals surface area contributed by atoms with Crippen molar-refractivity contribution in [2.45, 2.75) is 83.3 Å². The van der Waals surface area contributed by atoms with E-state index in [1.165, 1.54) is 51.4 Å². The average molecular weight is 238 g/mol. The normalized spacial score (nSPS) is 38.3. The second-order valence-corrected chi connectivity index (χ2v) is 7.15. The highest BCUT2D eigenvalue weighted by atomic mass is 15.2. The topological polar surface area (TPSA) is 29.3 Å². The summed E-state index contributed by atoms with van der Waals surface area (Å²) in [6, 6.07) is 2.09. The number of rotatable bonds is 2. The van der Waals surface area contributed by atoms with Crippen LogP contribution in [0.15, 0.2) is 0 Å². The average Bonchev–Trinajstić information content (AvgIpc) is 2.28. The molecule has 0 aromatic heterocycles. The molecule has 0 aromatic rings. The predicted molar refractivity (Wildman–Crippen MR) is 74.0 cm³/mol. The van der Waals surface area contributed by atoms with Crippen LogP contribution in [0.1, 0.15) is 65.2 Å². The van der Waals surface area contributed by atoms with Crippen molar-refractivity contribution in [3.05, 3.63) is 0 Å². The van der Waals surface area contributed by atoms with Crippen molar-refractivity contribution in [3.8, 4) is 0 Å². The van der Waals surface area contributed by atoms with E-state index in [1.807, 2.05) is 0 Å². The molecule has 0 bridgehead atoms. The molecule has 0 aliphatic heterocycles. The van der Waals surface area contributed by atoms with Gasteiger partial charge >= 0.3 is 0 Å². The molecular weight excluding hydrogens is 208 g/mol. The molecule has 2 aliphatic rings. The lowest BCUT2D eigenvalue weighted by molar-refractivity contribution is 0.0654. The van der Waals surface area contributed by atoms with Gasteiger partial charge in [-0.1, -0.05) is 20.3 Å². The Bertz CT molecular complexity index is 241. The van der Waals surface area contributed by atoms with Crippen LogP contribution in [-0.2, 0) is 0 Å². The van der Waals surface area contributed by atoms with Crippen molar-refractivity contribution in [2.24, 2.45) is 11.1 Å². The van der Waals surface area contributed by atoms with Crippen LogP contribution in [0.5, 0.6) is 0 Å². The van der Waals surface area contributed by atoms with Crippen LogP contribution < -0.4 is 5.73 Å². The molecule has 0 heterocycles. The van der Waals surface area contributed by atoms with Crippen LogP contribution in [0.2, 0.25) is 0 Å². The first kappa shape index (κ1) is 13.4. The van der Waals surface area contributed by atoms with E-state index >= 15 is 0 Å². The molecule has 0 aromatic carbocycles. The van der Waals surface area contributed by atoms with E-state index in [0.29, 0.717) is 11.5 Å². The highest BCUT2D eigenvalue weighted by molar-refractivity contribution is 4.88. The van der Waals surface area contributed by atoms with Crippen molar-refractivity contribution in [1.82, 2.24) is 4.90 Å². The highest BCUT2D eigenvalue weighted by Crippen LogP contribution is 2.38. The molecule has 2 heteroatoms. The third-order valence-corrected chi connectivity index (χ3v) is 5.07. The Labute approximate surface area is 107 Å². The summed E-state index contributed by atoms with van der Waals surface area (Å²) in [6.07, 6.45) is 10.7. The molecule has 2 saturated carbocycles. The summed E-state index contributed by atoms with van der Waals surface area (Å²) in [4.78, 5) is 2.69. The van der Waals surface area contributed by atoms with E-state index in [-0.39, 0.29) is 0 Å². The summed E-state index contributed by atoms with van der Waals surface area (Å²) in [5.74, 6) is 0. The third kappa shape index (κ3) is 3.45. The minimum Gasteiger partial charge on any atom is -0.328 e. The summed E-state index contributed by atoms with van der Waals surface area (Å²) in [5.41, 5.74) is 6.56. The zero-order valence-corrected chi connectivity index (χ0v) is 11.9. The van der Waals surface area contributed by atoms with Gasteiger partial charge in [0.2, 0.25) is 0 Å². The Morgan fingerprint density at radius 2 is 1.65 bits per heavy atom. The van der Waals surface area contributed by atoms with Crippen molar-refractivity contribution in [3.63, 3.8) is 0 Å². The molecule has 0 spiro atoms. The van der Waals surface area contributed by atoms with E-state index in [2.05, 4.69) is 25.8 Å². The second kappa shape index (κ2) is 5.27. The fourth-order valence-corrected chi connectivity index (χ4v) is 3.81. The molecule has 0 saturated heterocycles. The summed E-state index contributed by atoms with van der Waals surface area (Å²) in [6.45, 7) is 4.87. The number of hydrogen-bond donors (Lipinski definition) is 1. The molecule has 1 atom stereocenters. The molecular formula is C15H30N2. The second-order valence-electron chi connectivity index (χ2n) is 7.15. The first-order chi connectivity index (χ1) is 7.98. The molecule has 2 nitrogen and oxygen atoms in total. The van der Waals surface area contributed by atoms with Gasteiger partial charge in [0.15, 0.2) is 0 Å². The van der Waals surface area contributed by atoms with Crippen LogP contribution in [-0.4, -0.2) is 30.1 Å². The van der Waals surface area contributed by atoms with Gasteiger partial charge in [-0.05, 0) is 57.4 Å². The lowest BCUT2D eigenvalue weighted by Crippen LogP contribution is -2.46. The van der Waals surface area contributed by atoms with E-state index < -0.39 is 0 Å². The Hall–Kier alpha value is -0.0800. The maximum atomic E-state index is 6.00. The van der Waals surface area contributed by atoms with Crippen molar-refractivity contribution < 1.29 is 0 Å². The standard InChI is InChI=1S/C15H30N2/c1-15(2)10-4-5-14(11-15)17(3)13-8-6-12(16)7-9-13/h12-14H,4-11,16H2,1-3H3. The Balaban J connectivity index is 1.88. The molecule has 2 fully saturated rings. The zero-order valence-electron chi connectivity index (χ0n) is 11.9. The van der Waals surface area contributed by atoms with E-state index in [1.54, 1.807) is 0 Å². The molecule has 100 valence electrons. The fourth-order valence-electron chi connectivity index (χ4n) is 3.81. The van der Waals surface area contributed by atoms with E-state index in [9.17, 15) is 0 Å². The maximum absolute atomic E-state index is 6.00. The maximum Gasteiger partial charge on any atom is 0.0100 e. The highest BCUT2D eigenvalue weighted by Gasteiger charge is 2.33. The zero-order chi connectivity index (χ0) is 12.5. The molecule has 0 amide bonds. The predicted octanol–water partition coefficient (Wildman–Crippen LogP) is 3.16. The Morgan fingerprint density at radius 1 is 1.00 bits per heavy atom. The van der Waals surface area contributed by atoms with Gasteiger partial charge in [-0.15, -0.1) is 0 Å². The van der Waals surface area contributed by atoms with Gasteiger partial charge in [0.05, 0.1) is 0 Å². The quantitative estimate of drug-likeness (QED) is 0.800. The lowest BCUT2D eigenvalue weighted by atomic mass is 9.74. The Kier molecular flexibility index (Phi) is 4.14. The van der Waals surface area contributed by atoms with Gasteiger partial charge in [0, 0.05) is 18.1 Å². The Morgan fingerprint density at radius 3 is 2.24 bits per heavy atom. The summed E-state index contributed by atoms with van der Waals surface area (Å²) in [5, 5.41) is 0. The van der Waals surface area contributed by atoms with Crippen molar-refractivity contribution in [2.75, 3.05) is 7.05 Å². The van der Waals surface area contributed by atoms with Crippen LogP contribution >= 0.6 is 0 Å². The molecule has 2 N–H and O–H groups in total. The van der Waals surface area contributed by atoms with Gasteiger partial charge in [-0.3, -0.25) is 0 Å². The smallest absolute Gasteiger partial charge is 0.0100 e. The minimum atomic E-state index is 0.474. The number of nitrogens with two attached hydrogens (primary N) is 1. The number of nitrogens with zero attached hydrogens (tertiary/aromatic N) is 1. The third-order valence-electron chi connectivity index (χ3n) is 5.07. The molecule has 2 aliphatic carbocycles. The SMILES string of the molecule is CN(C1CCC(N)CC1)C1CCCC(C)(C)C1. The van der Waals surface area contributed by atoms with Gasteiger partial charge in [0.1, 0.15) is 0 Å². The molecule has 1 unspecified atom stereocenters. The summed E-state index contributed by atoms with van der Waals surface area (Å²) < 4.78 is 0. The van der Waals surface area contributed by atoms with Gasteiger partial charge < -0.3 is 10.6 Å². The number of hydrogen-bond acceptors (Lipinski definition) is 2. The van der Waals surface area contributed by atoms with Crippen LogP contribution in [0, 0.1) is 5.41 Å². The largest absolute Gasteiger partial charge is 0.328 e. The van der Waals surface area contributed by atoms with Crippen molar-refractivity contribution in [1.29, 1.82) is 0 Å². The summed E-state index contributed by atoms with van der Waals surface area (Å²) in [7, 11) is 2.35. The molecule has 0 radical (unpaired) electrons. The lowest BCUT2D eigenvalue weighted by Gasteiger charge is -2.44. The first-order valence-electron chi connectivity index (χ1n) is 7.45. The fraction of sp³-hybridized carbons (Fsp3) is 1.00. The molecule has 2 rings (SSSR count). The van der Waals surface area contributed by atoms with Crippen LogP contribution in [0.3, 0.4) is 0 Å². The van der Waals surface area contributed by atoms with E-state index in [0.717, 1.165) is 12.1 Å². The monoisotopic (exact) mass is 238 g/mol. The van der Waals surface area contributed by atoms with Gasteiger partial charge in [-0.2, -0.15) is 0 Å². The van der Waals surface area contributed by atoms with Crippen LogP contribution in [0.4, 0.5) is 0 Å². The van der Waals surface area contributed by atoms with Crippen LogP contribution in [0.25, 0.3) is 0 Å². The first-order valence-corrected chi connectivity index (χ1v) is 7.45. The van der Waals surface area contributed by atoms with Gasteiger partial charge in [-0.25, -0.2) is 0 Å². The van der Waals surface area contributed by atoms with Gasteiger partial charge in [0.25, 0.3) is 0 Å². The molecule has 17 heavy (non-hydrogen) atoms. The minimum absolute atomic E-state index is 0.474. The summed E-state index contributed by atoms with van der Waals surface area (Å²) >= 11 is 0. The van der Waals surface area contributed by atoms with Crippen molar-refractivity contribution >= 4 is 0 Å².